The molecule has 0 fully saturated rings. The van der Waals surface area contributed by atoms with Crippen molar-refractivity contribution < 1.29 is 24.2 Å². The lowest BCUT2D eigenvalue weighted by Crippen LogP contribution is -2.41. The van der Waals surface area contributed by atoms with Crippen molar-refractivity contribution in [3.63, 3.8) is 0 Å². The average Bonchev–Trinajstić information content (AvgIpc) is 2.44. The minimum absolute atomic E-state index is 0.0183. The molecule has 0 spiro atoms. The van der Waals surface area contributed by atoms with Gasteiger partial charge in [-0.2, -0.15) is 0 Å². The predicted octanol–water partition coefficient (Wildman–Crippen LogP) is 0.586. The molecule has 1 heterocycles. The summed E-state index contributed by atoms with van der Waals surface area (Å²) >= 11 is 0. The molecule has 116 valence electrons. The lowest BCUT2D eigenvalue weighted by Gasteiger charge is -2.13. The van der Waals surface area contributed by atoms with Gasteiger partial charge in [0.2, 0.25) is 0 Å². The van der Waals surface area contributed by atoms with Crippen LogP contribution >= 0.6 is 0 Å². The number of nitrogens with one attached hydrogen (secondary N) is 1. The Balaban J connectivity index is 2.66. The summed E-state index contributed by atoms with van der Waals surface area (Å²) in [6, 6.07) is 2.15. The minimum Gasteiger partial charge on any atom is -0.506 e. The topological polar surface area (TPSA) is 109 Å². The monoisotopic (exact) mass is 308 g/mol. The molecule has 0 saturated carbocycles. The van der Waals surface area contributed by atoms with Gasteiger partial charge in [-0.05, 0) is 25.1 Å². The third kappa shape index (κ3) is 2.50. The number of carbonyl (C=O) groups excluding carboxylic acids is 1. The number of aliphatic carboxylic acids is 1. The first kappa shape index (κ1) is 15.5. The molecule has 0 aliphatic rings. The molecule has 0 radical (unpaired) electrons. The Morgan fingerprint density at radius 3 is 2.59 bits per heavy atom. The molecule has 0 aliphatic carbocycles. The van der Waals surface area contributed by atoms with Gasteiger partial charge in [0, 0.05) is 12.4 Å². The molecule has 1 aromatic carbocycles. The van der Waals surface area contributed by atoms with Crippen LogP contribution in [0.5, 0.6) is 5.75 Å². The lowest BCUT2D eigenvalue weighted by atomic mass is 10.1. The number of carboxylic acids is 1. The molecule has 2 aromatic rings. The molecule has 0 aliphatic heterocycles. The number of pyridine rings is 1. The summed E-state index contributed by atoms with van der Waals surface area (Å²) in [5.41, 5.74) is -1.20. The fourth-order valence-corrected chi connectivity index (χ4v) is 2.04. The first-order valence-corrected chi connectivity index (χ1v) is 6.29. The van der Waals surface area contributed by atoms with Crippen molar-refractivity contribution in [2.24, 2.45) is 7.05 Å². The average molecular weight is 308 g/mol. The second-order valence-corrected chi connectivity index (χ2v) is 4.78. The highest BCUT2D eigenvalue weighted by molar-refractivity contribution is 6.03. The molecule has 8 heteroatoms. The van der Waals surface area contributed by atoms with Gasteiger partial charge < -0.3 is 20.1 Å². The van der Waals surface area contributed by atoms with E-state index in [1.54, 1.807) is 0 Å². The van der Waals surface area contributed by atoms with E-state index in [1.165, 1.54) is 20.0 Å². The SMILES string of the molecule is CC(NC(=O)c1c(O)c2cc(F)ccc2n(C)c1=O)C(=O)O. The van der Waals surface area contributed by atoms with Crippen LogP contribution in [0.2, 0.25) is 0 Å². The van der Waals surface area contributed by atoms with Crippen molar-refractivity contribution in [3.8, 4) is 5.75 Å². The molecule has 1 unspecified atom stereocenters. The molecule has 3 N–H and O–H groups in total. The molecule has 0 bridgehead atoms. The Hall–Kier alpha value is -2.90. The van der Waals surface area contributed by atoms with Crippen molar-refractivity contribution in [2.45, 2.75) is 13.0 Å². The smallest absolute Gasteiger partial charge is 0.325 e. The molecule has 22 heavy (non-hydrogen) atoms. The highest BCUT2D eigenvalue weighted by Gasteiger charge is 2.24. The Labute approximate surface area is 123 Å². The van der Waals surface area contributed by atoms with E-state index in [4.69, 9.17) is 5.11 Å². The van der Waals surface area contributed by atoms with E-state index in [-0.39, 0.29) is 10.9 Å². The quantitative estimate of drug-likeness (QED) is 0.769. The molecule has 1 aromatic heterocycles. The molecule has 1 atom stereocenters. The van der Waals surface area contributed by atoms with E-state index in [0.717, 1.165) is 16.7 Å². The van der Waals surface area contributed by atoms with Crippen LogP contribution in [0.15, 0.2) is 23.0 Å². The van der Waals surface area contributed by atoms with Crippen molar-refractivity contribution in [1.82, 2.24) is 9.88 Å². The van der Waals surface area contributed by atoms with Crippen molar-refractivity contribution in [3.05, 3.63) is 39.9 Å². The number of carboxylic acid groups (broad SMARTS) is 1. The second kappa shape index (κ2) is 5.47. The van der Waals surface area contributed by atoms with Crippen LogP contribution in [0.4, 0.5) is 4.39 Å². The van der Waals surface area contributed by atoms with Gasteiger partial charge in [0.15, 0.2) is 0 Å². The molecule has 2 rings (SSSR count). The Morgan fingerprint density at radius 2 is 2.00 bits per heavy atom. The van der Waals surface area contributed by atoms with Gasteiger partial charge in [-0.1, -0.05) is 0 Å². The normalized spacial score (nSPS) is 12.1. The van der Waals surface area contributed by atoms with Crippen LogP contribution in [-0.2, 0) is 11.8 Å². The Morgan fingerprint density at radius 1 is 1.36 bits per heavy atom. The number of hydrogen-bond acceptors (Lipinski definition) is 4. The third-order valence-corrected chi connectivity index (χ3v) is 3.28. The maximum Gasteiger partial charge on any atom is 0.325 e. The van der Waals surface area contributed by atoms with E-state index in [1.807, 2.05) is 0 Å². The van der Waals surface area contributed by atoms with E-state index < -0.39 is 40.6 Å². The van der Waals surface area contributed by atoms with Gasteiger partial charge in [-0.15, -0.1) is 0 Å². The molecular formula is C14H13FN2O5. The van der Waals surface area contributed by atoms with Crippen LogP contribution in [-0.4, -0.2) is 32.7 Å². The zero-order valence-corrected chi connectivity index (χ0v) is 11.8. The standard InChI is InChI=1S/C14H13FN2O5/c1-6(14(21)22)16-12(19)10-11(18)8-5-7(15)3-4-9(8)17(2)13(10)20/h3-6,18H,1-2H3,(H,16,19)(H,21,22). The number of nitrogens with zero attached hydrogens (tertiary/aromatic N) is 1. The highest BCUT2D eigenvalue weighted by atomic mass is 19.1. The molecule has 0 saturated heterocycles. The largest absolute Gasteiger partial charge is 0.506 e. The summed E-state index contributed by atoms with van der Waals surface area (Å²) in [6.07, 6.45) is 0. The summed E-state index contributed by atoms with van der Waals surface area (Å²) in [7, 11) is 1.36. The van der Waals surface area contributed by atoms with Gasteiger partial charge in [-0.25, -0.2) is 4.39 Å². The number of fused-ring (bicyclic) bond motifs is 1. The first-order valence-electron chi connectivity index (χ1n) is 6.29. The maximum absolute atomic E-state index is 13.3. The summed E-state index contributed by atoms with van der Waals surface area (Å²) in [5, 5.41) is 20.9. The number of rotatable bonds is 3. The lowest BCUT2D eigenvalue weighted by molar-refractivity contribution is -0.138. The van der Waals surface area contributed by atoms with Crippen LogP contribution in [0.25, 0.3) is 10.9 Å². The summed E-state index contributed by atoms with van der Waals surface area (Å²) in [5.74, 6) is -3.67. The number of aryl methyl sites for hydroxylation is 1. The second-order valence-electron chi connectivity index (χ2n) is 4.78. The van der Waals surface area contributed by atoms with Gasteiger partial charge >= 0.3 is 5.97 Å². The van der Waals surface area contributed by atoms with Crippen molar-refractivity contribution in [1.29, 1.82) is 0 Å². The summed E-state index contributed by atoms with van der Waals surface area (Å²) in [4.78, 5) is 35.0. The van der Waals surface area contributed by atoms with Crippen LogP contribution in [0, 0.1) is 5.82 Å². The van der Waals surface area contributed by atoms with Gasteiger partial charge in [-0.3, -0.25) is 14.4 Å². The van der Waals surface area contributed by atoms with Gasteiger partial charge in [0.25, 0.3) is 11.5 Å². The van der Waals surface area contributed by atoms with Gasteiger partial charge in [0.05, 0.1) is 5.52 Å². The number of amides is 1. The van der Waals surface area contributed by atoms with Crippen LogP contribution in [0.3, 0.4) is 0 Å². The number of aromatic nitrogens is 1. The third-order valence-electron chi connectivity index (χ3n) is 3.28. The highest BCUT2D eigenvalue weighted by Crippen LogP contribution is 2.26. The number of benzene rings is 1. The predicted molar refractivity (Wildman–Crippen MR) is 75.4 cm³/mol. The van der Waals surface area contributed by atoms with Crippen molar-refractivity contribution >= 4 is 22.8 Å². The number of carbonyl (C=O) groups is 2. The molecule has 7 nitrogen and oxygen atoms in total. The molecule has 1 amide bonds. The van der Waals surface area contributed by atoms with Crippen LogP contribution in [0.1, 0.15) is 17.3 Å². The Kier molecular flexibility index (Phi) is 3.85. The van der Waals surface area contributed by atoms with E-state index in [9.17, 15) is 23.9 Å². The summed E-state index contributed by atoms with van der Waals surface area (Å²) < 4.78 is 14.4. The van der Waals surface area contributed by atoms with Crippen molar-refractivity contribution in [2.75, 3.05) is 0 Å². The number of halogens is 1. The van der Waals surface area contributed by atoms with E-state index >= 15 is 0 Å². The summed E-state index contributed by atoms with van der Waals surface area (Å²) in [6.45, 7) is 1.21. The first-order chi connectivity index (χ1) is 10.2. The number of hydrogen-bond donors (Lipinski definition) is 3. The minimum atomic E-state index is -1.29. The van der Waals surface area contributed by atoms with Crippen LogP contribution < -0.4 is 10.9 Å². The number of aromatic hydroxyl groups is 1. The van der Waals surface area contributed by atoms with Gasteiger partial charge in [0.1, 0.15) is 23.2 Å². The zero-order valence-electron chi connectivity index (χ0n) is 11.8. The Bertz CT molecular complexity index is 843. The van der Waals surface area contributed by atoms with E-state index in [0.29, 0.717) is 0 Å². The zero-order chi connectivity index (χ0) is 16.6. The van der Waals surface area contributed by atoms with E-state index in [2.05, 4.69) is 5.32 Å². The molecular weight excluding hydrogens is 295 g/mol. The maximum atomic E-state index is 13.3. The fraction of sp³-hybridized carbons (Fsp3) is 0.214. The fourth-order valence-electron chi connectivity index (χ4n) is 2.04.